The second-order valence-corrected chi connectivity index (χ2v) is 4.10. The minimum atomic E-state index is -0.457. The monoisotopic (exact) mass is 268 g/mol. The summed E-state index contributed by atoms with van der Waals surface area (Å²) in [5, 5.41) is 16.9. The number of aromatic nitrogens is 3. The molecule has 0 aliphatic heterocycles. The molecular weight excluding hydrogens is 259 g/mol. The zero-order valence-electron chi connectivity index (χ0n) is 10.5. The number of rotatable bonds is 2. The van der Waals surface area contributed by atoms with Crippen LogP contribution in [-0.4, -0.2) is 21.7 Å². The van der Waals surface area contributed by atoms with E-state index in [1.165, 1.54) is 13.2 Å². The topological polar surface area (TPSA) is 63.2 Å². The number of benzene rings is 1. The number of nitriles is 1. The van der Waals surface area contributed by atoms with Gasteiger partial charge in [0.1, 0.15) is 17.6 Å². The summed E-state index contributed by atoms with van der Waals surface area (Å²) in [4.78, 5) is 0. The lowest BCUT2D eigenvalue weighted by molar-refractivity contribution is 0.413. The lowest BCUT2D eigenvalue weighted by Gasteiger charge is -2.07. The fraction of sp³-hybridized carbons (Fsp3) is 0.0714. The van der Waals surface area contributed by atoms with Crippen molar-refractivity contribution in [2.45, 2.75) is 0 Å². The van der Waals surface area contributed by atoms with E-state index in [1.807, 2.05) is 6.07 Å². The maximum absolute atomic E-state index is 14.1. The van der Waals surface area contributed by atoms with Gasteiger partial charge in [0.25, 0.3) is 0 Å². The smallest absolute Gasteiger partial charge is 0.175 e. The Morgan fingerprint density at radius 2 is 2.10 bits per heavy atom. The molecule has 0 saturated carbocycles. The quantitative estimate of drug-likeness (QED) is 0.716. The first-order chi connectivity index (χ1) is 9.74. The van der Waals surface area contributed by atoms with Gasteiger partial charge in [-0.05, 0) is 24.3 Å². The number of halogens is 1. The maximum atomic E-state index is 14.1. The molecule has 0 spiro atoms. The standard InChI is InChI=1S/C14H9FN4O/c1-20-11-4-2-3-10(15)13(11)14-18-17-12-6-5-9(7-16)8-19(12)14/h2-6,8H,1H3. The van der Waals surface area contributed by atoms with E-state index in [0.717, 1.165) is 0 Å². The Morgan fingerprint density at radius 1 is 1.25 bits per heavy atom. The predicted molar refractivity (Wildman–Crippen MR) is 69.6 cm³/mol. The average molecular weight is 268 g/mol. The molecule has 0 bridgehead atoms. The molecule has 1 aromatic carbocycles. The number of hydrogen-bond acceptors (Lipinski definition) is 4. The Balaban J connectivity index is 2.33. The summed E-state index contributed by atoms with van der Waals surface area (Å²) >= 11 is 0. The SMILES string of the molecule is COc1cccc(F)c1-c1nnc2ccc(C#N)cn12. The van der Waals surface area contributed by atoms with E-state index >= 15 is 0 Å². The molecule has 0 fully saturated rings. The van der Waals surface area contributed by atoms with Gasteiger partial charge in [-0.15, -0.1) is 10.2 Å². The Labute approximate surface area is 113 Å². The van der Waals surface area contributed by atoms with Crippen LogP contribution in [0, 0.1) is 17.1 Å². The first-order valence-electron chi connectivity index (χ1n) is 5.82. The summed E-state index contributed by atoms with van der Waals surface area (Å²) in [6.45, 7) is 0. The molecule has 98 valence electrons. The van der Waals surface area contributed by atoms with E-state index < -0.39 is 5.82 Å². The van der Waals surface area contributed by atoms with Crippen LogP contribution in [0.5, 0.6) is 5.75 Å². The number of nitrogens with zero attached hydrogens (tertiary/aromatic N) is 4. The molecule has 3 aromatic rings. The van der Waals surface area contributed by atoms with Gasteiger partial charge in [-0.2, -0.15) is 5.26 Å². The first-order valence-corrected chi connectivity index (χ1v) is 5.82. The Hall–Kier alpha value is -2.94. The van der Waals surface area contributed by atoms with Crippen molar-refractivity contribution in [1.29, 1.82) is 5.26 Å². The van der Waals surface area contributed by atoms with Crippen molar-refractivity contribution in [2.75, 3.05) is 7.11 Å². The summed E-state index contributed by atoms with van der Waals surface area (Å²) < 4.78 is 20.8. The van der Waals surface area contributed by atoms with Gasteiger partial charge in [-0.25, -0.2) is 4.39 Å². The van der Waals surface area contributed by atoms with Gasteiger partial charge in [-0.3, -0.25) is 4.40 Å². The van der Waals surface area contributed by atoms with E-state index in [4.69, 9.17) is 10.00 Å². The highest BCUT2D eigenvalue weighted by Gasteiger charge is 2.17. The molecule has 2 aromatic heterocycles. The molecule has 20 heavy (non-hydrogen) atoms. The van der Waals surface area contributed by atoms with E-state index in [2.05, 4.69) is 10.2 Å². The largest absolute Gasteiger partial charge is 0.496 e. The number of pyridine rings is 1. The highest BCUT2D eigenvalue weighted by Crippen LogP contribution is 2.31. The van der Waals surface area contributed by atoms with Crippen LogP contribution in [0.1, 0.15) is 5.56 Å². The van der Waals surface area contributed by atoms with Crippen molar-refractivity contribution in [3.05, 3.63) is 47.9 Å². The van der Waals surface area contributed by atoms with Crippen molar-refractivity contribution < 1.29 is 9.13 Å². The van der Waals surface area contributed by atoms with Crippen LogP contribution in [0.3, 0.4) is 0 Å². The molecule has 0 unspecified atom stereocenters. The molecule has 0 aliphatic carbocycles. The Morgan fingerprint density at radius 3 is 2.85 bits per heavy atom. The van der Waals surface area contributed by atoms with Crippen molar-refractivity contribution in [3.63, 3.8) is 0 Å². The van der Waals surface area contributed by atoms with Gasteiger partial charge in [0.05, 0.1) is 18.2 Å². The fourth-order valence-electron chi connectivity index (χ4n) is 2.02. The van der Waals surface area contributed by atoms with Crippen LogP contribution in [0.2, 0.25) is 0 Å². The molecule has 6 heteroatoms. The predicted octanol–water partition coefficient (Wildman–Crippen LogP) is 2.42. The minimum Gasteiger partial charge on any atom is -0.496 e. The zero-order valence-corrected chi connectivity index (χ0v) is 10.5. The summed E-state index contributed by atoms with van der Waals surface area (Å²) in [7, 11) is 1.46. The van der Waals surface area contributed by atoms with Crippen LogP contribution >= 0.6 is 0 Å². The Kier molecular flexibility index (Phi) is 2.80. The van der Waals surface area contributed by atoms with Gasteiger partial charge in [0.2, 0.25) is 0 Å². The summed E-state index contributed by atoms with van der Waals surface area (Å²) in [6, 6.07) is 9.85. The third kappa shape index (κ3) is 1.77. The molecule has 5 nitrogen and oxygen atoms in total. The summed E-state index contributed by atoms with van der Waals surface area (Å²) in [5.74, 6) is 0.203. The van der Waals surface area contributed by atoms with Gasteiger partial charge >= 0.3 is 0 Å². The normalized spacial score (nSPS) is 10.4. The molecule has 2 heterocycles. The molecule has 0 radical (unpaired) electrons. The van der Waals surface area contributed by atoms with E-state index in [0.29, 0.717) is 22.8 Å². The van der Waals surface area contributed by atoms with Crippen molar-refractivity contribution >= 4 is 5.65 Å². The number of hydrogen-bond donors (Lipinski definition) is 0. The molecule has 0 amide bonds. The lowest BCUT2D eigenvalue weighted by Crippen LogP contribution is -1.96. The van der Waals surface area contributed by atoms with Crippen molar-refractivity contribution in [1.82, 2.24) is 14.6 Å². The molecule has 0 saturated heterocycles. The third-order valence-electron chi connectivity index (χ3n) is 2.95. The van der Waals surface area contributed by atoms with Crippen LogP contribution < -0.4 is 4.74 Å². The van der Waals surface area contributed by atoms with Crippen LogP contribution in [0.15, 0.2) is 36.5 Å². The second-order valence-electron chi connectivity index (χ2n) is 4.10. The maximum Gasteiger partial charge on any atom is 0.175 e. The van der Waals surface area contributed by atoms with Crippen LogP contribution in [0.25, 0.3) is 17.0 Å². The van der Waals surface area contributed by atoms with Gasteiger partial charge in [0, 0.05) is 6.20 Å². The highest BCUT2D eigenvalue weighted by molar-refractivity contribution is 5.67. The minimum absolute atomic E-state index is 0.220. The summed E-state index contributed by atoms with van der Waals surface area (Å²) in [6.07, 6.45) is 1.57. The number of fused-ring (bicyclic) bond motifs is 1. The number of methoxy groups -OCH3 is 1. The molecule has 3 rings (SSSR count). The second kappa shape index (κ2) is 4.63. The molecular formula is C14H9FN4O. The van der Waals surface area contributed by atoms with Crippen molar-refractivity contribution in [3.8, 4) is 23.2 Å². The van der Waals surface area contributed by atoms with Gasteiger partial charge < -0.3 is 4.74 Å². The first kappa shape index (κ1) is 12.1. The molecule has 0 aliphatic rings. The van der Waals surface area contributed by atoms with E-state index in [-0.39, 0.29) is 5.56 Å². The zero-order chi connectivity index (χ0) is 14.1. The van der Waals surface area contributed by atoms with Crippen LogP contribution in [0.4, 0.5) is 4.39 Å². The molecule has 0 N–H and O–H groups in total. The van der Waals surface area contributed by atoms with Crippen LogP contribution in [-0.2, 0) is 0 Å². The average Bonchev–Trinajstić information content (AvgIpc) is 2.89. The van der Waals surface area contributed by atoms with Crippen molar-refractivity contribution in [2.24, 2.45) is 0 Å². The number of ether oxygens (including phenoxy) is 1. The molecule has 0 atom stereocenters. The fourth-order valence-corrected chi connectivity index (χ4v) is 2.02. The van der Waals surface area contributed by atoms with E-state index in [1.54, 1.807) is 34.9 Å². The Bertz CT molecular complexity index is 835. The lowest BCUT2D eigenvalue weighted by atomic mass is 10.1. The highest BCUT2D eigenvalue weighted by atomic mass is 19.1. The van der Waals surface area contributed by atoms with Gasteiger partial charge in [-0.1, -0.05) is 6.07 Å². The summed E-state index contributed by atoms with van der Waals surface area (Å²) in [5.41, 5.74) is 1.19. The third-order valence-corrected chi connectivity index (χ3v) is 2.95. The van der Waals surface area contributed by atoms with E-state index in [9.17, 15) is 4.39 Å². The van der Waals surface area contributed by atoms with Gasteiger partial charge in [0.15, 0.2) is 11.5 Å².